The third-order valence-electron chi connectivity index (χ3n) is 3.70. The molecule has 0 radical (unpaired) electrons. The van der Waals surface area contributed by atoms with Crippen molar-refractivity contribution in [3.05, 3.63) is 23.5 Å². The first kappa shape index (κ1) is 13.1. The van der Waals surface area contributed by atoms with Gasteiger partial charge in [-0.3, -0.25) is 4.98 Å². The molecule has 0 aromatic carbocycles. The van der Waals surface area contributed by atoms with Crippen LogP contribution in [0, 0.1) is 18.3 Å². The van der Waals surface area contributed by atoms with Crippen LogP contribution in [0.25, 0.3) is 0 Å². The monoisotopic (exact) mass is 244 g/mol. The Hall–Kier alpha value is -1.38. The highest BCUT2D eigenvalue weighted by Crippen LogP contribution is 2.36. The van der Waals surface area contributed by atoms with Crippen molar-refractivity contribution in [2.24, 2.45) is 0 Å². The molecule has 0 bridgehead atoms. The van der Waals surface area contributed by atoms with Gasteiger partial charge in [0.05, 0.1) is 22.8 Å². The minimum Gasteiger partial charge on any atom is -0.399 e. The summed E-state index contributed by atoms with van der Waals surface area (Å²) in [7, 11) is -0.530. The smallest absolute Gasteiger partial charge is 0.399 e. The van der Waals surface area contributed by atoms with Gasteiger partial charge in [-0.2, -0.15) is 5.26 Å². The summed E-state index contributed by atoms with van der Waals surface area (Å²) in [5.41, 5.74) is 1.25. The van der Waals surface area contributed by atoms with E-state index in [2.05, 4.69) is 11.1 Å². The second-order valence-electron chi connectivity index (χ2n) is 5.61. The minimum absolute atomic E-state index is 0.407. The topological polar surface area (TPSA) is 55.1 Å². The molecule has 0 aliphatic carbocycles. The van der Waals surface area contributed by atoms with Gasteiger partial charge >= 0.3 is 7.12 Å². The van der Waals surface area contributed by atoms with Crippen molar-refractivity contribution in [2.45, 2.75) is 45.8 Å². The number of pyridine rings is 1. The zero-order chi connectivity index (χ0) is 13.6. The molecule has 18 heavy (non-hydrogen) atoms. The van der Waals surface area contributed by atoms with E-state index in [4.69, 9.17) is 9.31 Å². The summed E-state index contributed by atoms with van der Waals surface area (Å²) in [6.45, 7) is 9.80. The van der Waals surface area contributed by atoms with Gasteiger partial charge in [-0.25, -0.2) is 0 Å². The van der Waals surface area contributed by atoms with Crippen molar-refractivity contribution < 1.29 is 9.31 Å². The van der Waals surface area contributed by atoms with Gasteiger partial charge in [0.25, 0.3) is 0 Å². The van der Waals surface area contributed by atoms with Crippen LogP contribution in [0.4, 0.5) is 0 Å². The van der Waals surface area contributed by atoms with E-state index in [-0.39, 0.29) is 0 Å². The SMILES string of the molecule is Cc1cc(C#N)c(B2OC(C)(C)C(C)(C)O2)cn1. The summed E-state index contributed by atoms with van der Waals surface area (Å²) in [6.07, 6.45) is 1.66. The Labute approximate surface area is 108 Å². The average molecular weight is 244 g/mol. The summed E-state index contributed by atoms with van der Waals surface area (Å²) < 4.78 is 11.8. The second kappa shape index (κ2) is 4.08. The highest BCUT2D eigenvalue weighted by molar-refractivity contribution is 6.62. The van der Waals surface area contributed by atoms with E-state index in [0.29, 0.717) is 11.0 Å². The van der Waals surface area contributed by atoms with Gasteiger partial charge in [0.1, 0.15) is 0 Å². The molecule has 0 amide bonds. The standard InChI is InChI=1S/C13H17BN2O2/c1-9-6-10(7-15)11(8-16-9)14-17-12(2,3)13(4,5)18-14/h6,8H,1-5H3. The van der Waals surface area contributed by atoms with E-state index < -0.39 is 18.3 Å². The Morgan fingerprint density at radius 3 is 2.28 bits per heavy atom. The van der Waals surface area contributed by atoms with Crippen LogP contribution in [0.2, 0.25) is 0 Å². The first-order valence-electron chi connectivity index (χ1n) is 5.99. The van der Waals surface area contributed by atoms with Crippen LogP contribution in [0.1, 0.15) is 39.0 Å². The van der Waals surface area contributed by atoms with Crippen LogP contribution in [-0.2, 0) is 9.31 Å². The average Bonchev–Trinajstić information content (AvgIpc) is 2.47. The molecule has 1 aliphatic rings. The maximum atomic E-state index is 9.17. The molecule has 1 aromatic heterocycles. The summed E-state index contributed by atoms with van der Waals surface area (Å²) in [6, 6.07) is 3.92. The van der Waals surface area contributed by atoms with Crippen molar-refractivity contribution in [3.63, 3.8) is 0 Å². The molecule has 0 unspecified atom stereocenters. The number of aromatic nitrogens is 1. The lowest BCUT2D eigenvalue weighted by molar-refractivity contribution is 0.00578. The third kappa shape index (κ3) is 2.02. The van der Waals surface area contributed by atoms with Gasteiger partial charge < -0.3 is 9.31 Å². The molecule has 2 rings (SSSR count). The van der Waals surface area contributed by atoms with Gasteiger partial charge in [-0.1, -0.05) is 0 Å². The molecule has 1 aromatic rings. The third-order valence-corrected chi connectivity index (χ3v) is 3.70. The number of nitriles is 1. The van der Waals surface area contributed by atoms with Crippen molar-refractivity contribution in [1.82, 2.24) is 4.98 Å². The van der Waals surface area contributed by atoms with Crippen molar-refractivity contribution in [2.75, 3.05) is 0 Å². The van der Waals surface area contributed by atoms with Gasteiger partial charge in [0.2, 0.25) is 0 Å². The predicted octanol–water partition coefficient (Wildman–Crippen LogP) is 1.56. The molecule has 1 fully saturated rings. The Morgan fingerprint density at radius 2 is 1.78 bits per heavy atom. The molecule has 5 heteroatoms. The second-order valence-corrected chi connectivity index (χ2v) is 5.61. The Morgan fingerprint density at radius 1 is 1.22 bits per heavy atom. The van der Waals surface area contributed by atoms with Crippen molar-refractivity contribution in [1.29, 1.82) is 5.26 Å². The van der Waals surface area contributed by atoms with Gasteiger partial charge in [-0.15, -0.1) is 0 Å². The lowest BCUT2D eigenvalue weighted by Crippen LogP contribution is -2.41. The fraction of sp³-hybridized carbons (Fsp3) is 0.538. The lowest BCUT2D eigenvalue weighted by Gasteiger charge is -2.32. The lowest BCUT2D eigenvalue weighted by atomic mass is 9.77. The fourth-order valence-electron chi connectivity index (χ4n) is 1.83. The molecule has 0 N–H and O–H groups in total. The Balaban J connectivity index is 2.39. The van der Waals surface area contributed by atoms with Crippen molar-refractivity contribution in [3.8, 4) is 6.07 Å². The minimum atomic E-state index is -0.530. The highest BCUT2D eigenvalue weighted by Gasteiger charge is 2.52. The summed E-state index contributed by atoms with van der Waals surface area (Å²) in [5.74, 6) is 0. The maximum absolute atomic E-state index is 9.17. The molecular formula is C13H17BN2O2. The summed E-state index contributed by atoms with van der Waals surface area (Å²) >= 11 is 0. The van der Waals surface area contributed by atoms with E-state index in [9.17, 15) is 5.26 Å². The zero-order valence-corrected chi connectivity index (χ0v) is 11.4. The van der Waals surface area contributed by atoms with E-state index in [1.807, 2.05) is 34.6 Å². The molecular weight excluding hydrogens is 227 g/mol. The van der Waals surface area contributed by atoms with Crippen LogP contribution in [0.3, 0.4) is 0 Å². The molecule has 1 saturated heterocycles. The molecule has 4 nitrogen and oxygen atoms in total. The van der Waals surface area contributed by atoms with E-state index >= 15 is 0 Å². The number of nitrogens with zero attached hydrogens (tertiary/aromatic N) is 2. The fourth-order valence-corrected chi connectivity index (χ4v) is 1.83. The largest absolute Gasteiger partial charge is 0.497 e. The molecule has 0 atom stereocenters. The number of hydrogen-bond donors (Lipinski definition) is 0. The van der Waals surface area contributed by atoms with Crippen molar-refractivity contribution >= 4 is 12.6 Å². The van der Waals surface area contributed by atoms with Gasteiger partial charge in [0, 0.05) is 17.4 Å². The highest BCUT2D eigenvalue weighted by atomic mass is 16.7. The number of aryl methyl sites for hydroxylation is 1. The quantitative estimate of drug-likeness (QED) is 0.703. The van der Waals surface area contributed by atoms with E-state index in [1.165, 1.54) is 0 Å². The Bertz CT molecular complexity index is 504. The summed E-state index contributed by atoms with van der Waals surface area (Å²) in [4.78, 5) is 4.22. The first-order valence-corrected chi connectivity index (χ1v) is 5.99. The van der Waals surface area contributed by atoms with Crippen LogP contribution in [0.5, 0.6) is 0 Å². The van der Waals surface area contributed by atoms with Crippen LogP contribution >= 0.6 is 0 Å². The first-order chi connectivity index (χ1) is 8.27. The number of rotatable bonds is 1. The molecule has 0 saturated carbocycles. The maximum Gasteiger partial charge on any atom is 0.497 e. The van der Waals surface area contributed by atoms with E-state index in [0.717, 1.165) is 5.69 Å². The molecule has 0 spiro atoms. The molecule has 2 heterocycles. The molecule has 1 aliphatic heterocycles. The van der Waals surface area contributed by atoms with Crippen LogP contribution in [0.15, 0.2) is 12.3 Å². The van der Waals surface area contributed by atoms with Gasteiger partial charge in [0.15, 0.2) is 0 Å². The zero-order valence-electron chi connectivity index (χ0n) is 11.4. The normalized spacial score (nSPS) is 20.8. The van der Waals surface area contributed by atoms with E-state index in [1.54, 1.807) is 12.3 Å². The summed E-state index contributed by atoms with van der Waals surface area (Å²) in [5, 5.41) is 9.17. The van der Waals surface area contributed by atoms with Crippen LogP contribution < -0.4 is 5.46 Å². The Kier molecular flexibility index (Phi) is 2.96. The number of hydrogen-bond acceptors (Lipinski definition) is 4. The molecule has 94 valence electrons. The predicted molar refractivity (Wildman–Crippen MR) is 69.4 cm³/mol. The van der Waals surface area contributed by atoms with Crippen LogP contribution in [-0.4, -0.2) is 23.3 Å². The van der Waals surface area contributed by atoms with Gasteiger partial charge in [-0.05, 0) is 40.7 Å².